The largest absolute Gasteiger partial charge is 0.472 e. The Labute approximate surface area is 568 Å². The second-order valence-electron chi connectivity index (χ2n) is 28.6. The highest BCUT2D eigenvalue weighted by atomic mass is 31.2. The van der Waals surface area contributed by atoms with Crippen LogP contribution < -0.4 is 0 Å². The van der Waals surface area contributed by atoms with Gasteiger partial charge in [0.15, 0.2) is 12.2 Å². The fourth-order valence-corrected chi connectivity index (χ4v) is 12.8. The van der Waals surface area contributed by atoms with Gasteiger partial charge in [-0.15, -0.1) is 0 Å². The van der Waals surface area contributed by atoms with Crippen LogP contribution in [0, 0.1) is 23.7 Å². The summed E-state index contributed by atoms with van der Waals surface area (Å²) in [6, 6.07) is 0. The minimum Gasteiger partial charge on any atom is -0.462 e. The lowest BCUT2D eigenvalue weighted by atomic mass is 10.0. The molecule has 0 amide bonds. The maximum Gasteiger partial charge on any atom is 0.472 e. The van der Waals surface area contributed by atoms with Crippen LogP contribution in [0.4, 0.5) is 0 Å². The molecule has 0 aliphatic carbocycles. The highest BCUT2D eigenvalue weighted by Crippen LogP contribution is 2.45. The van der Waals surface area contributed by atoms with Crippen LogP contribution in [0.3, 0.4) is 0 Å². The molecule has 0 saturated heterocycles. The van der Waals surface area contributed by atoms with Crippen molar-refractivity contribution >= 4 is 39.5 Å². The molecule has 0 saturated carbocycles. The second kappa shape index (κ2) is 63.5. The molecule has 0 rings (SSSR count). The summed E-state index contributed by atoms with van der Waals surface area (Å²) in [7, 11) is -9.91. The topological polar surface area (TPSA) is 237 Å². The van der Waals surface area contributed by atoms with Gasteiger partial charge in [-0.1, -0.05) is 319 Å². The first-order chi connectivity index (χ1) is 44.6. The smallest absolute Gasteiger partial charge is 0.462 e. The van der Waals surface area contributed by atoms with E-state index in [2.05, 4.69) is 55.4 Å². The van der Waals surface area contributed by atoms with Crippen LogP contribution >= 0.6 is 15.6 Å². The van der Waals surface area contributed by atoms with E-state index in [4.69, 9.17) is 37.0 Å². The van der Waals surface area contributed by atoms with Crippen molar-refractivity contribution in [3.63, 3.8) is 0 Å². The molecule has 0 heterocycles. The lowest BCUT2D eigenvalue weighted by Crippen LogP contribution is -2.30. The number of carbonyl (C=O) groups is 4. The van der Waals surface area contributed by atoms with Crippen molar-refractivity contribution in [1.29, 1.82) is 0 Å². The summed E-state index contributed by atoms with van der Waals surface area (Å²) in [4.78, 5) is 72.7. The van der Waals surface area contributed by atoms with Crippen molar-refractivity contribution in [1.82, 2.24) is 0 Å². The van der Waals surface area contributed by atoms with Crippen molar-refractivity contribution in [2.45, 2.75) is 388 Å². The highest BCUT2D eigenvalue weighted by molar-refractivity contribution is 7.47. The standard InChI is InChI=1S/C74H144O17P2/c1-64(2)50-42-34-26-19-15-11-9-10-12-17-21-31-40-48-56-73(78)91-70(61-85-72(77)55-47-39-33-25-29-37-45-53-67(7)8)63-89-93(82,83)87-59-68(75)58-86-92(80,81)88-62-69(60-84-71(76)54-46-38-30-24-23-28-36-44-52-66(5)6)90-74(79)57-49-41-32-22-18-14-13-16-20-27-35-43-51-65(3)4/h64-70,75H,9-63H2,1-8H3,(H,80,81)(H,82,83)/t68?,69-,70-/m1/s1. The molecule has 552 valence electrons. The first-order valence-electron chi connectivity index (χ1n) is 38.2. The van der Waals surface area contributed by atoms with Gasteiger partial charge in [0.05, 0.1) is 26.4 Å². The molecule has 19 heteroatoms. The summed E-state index contributed by atoms with van der Waals surface area (Å²) < 4.78 is 68.4. The number of carbonyl (C=O) groups excluding carboxylic acids is 4. The Balaban J connectivity index is 5.24. The average molecular weight is 1370 g/mol. The molecule has 0 fully saturated rings. The number of aliphatic hydroxyl groups is 1. The van der Waals surface area contributed by atoms with Gasteiger partial charge in [-0.25, -0.2) is 9.13 Å². The molecule has 93 heavy (non-hydrogen) atoms. The molecule has 3 unspecified atom stereocenters. The van der Waals surface area contributed by atoms with Crippen LogP contribution in [0.2, 0.25) is 0 Å². The molecule has 0 aliphatic rings. The highest BCUT2D eigenvalue weighted by Gasteiger charge is 2.30. The van der Waals surface area contributed by atoms with Gasteiger partial charge in [0, 0.05) is 25.7 Å². The summed E-state index contributed by atoms with van der Waals surface area (Å²) in [5.41, 5.74) is 0. The molecule has 0 aromatic carbocycles. The van der Waals surface area contributed by atoms with E-state index in [1.54, 1.807) is 0 Å². The zero-order valence-corrected chi connectivity index (χ0v) is 62.7. The third-order valence-corrected chi connectivity index (χ3v) is 19.0. The van der Waals surface area contributed by atoms with Crippen LogP contribution in [-0.4, -0.2) is 96.7 Å². The Morgan fingerprint density at radius 2 is 0.452 bits per heavy atom. The van der Waals surface area contributed by atoms with E-state index in [1.165, 1.54) is 167 Å². The predicted octanol–water partition coefficient (Wildman–Crippen LogP) is 21.3. The fraction of sp³-hybridized carbons (Fsp3) is 0.946. The van der Waals surface area contributed by atoms with E-state index in [0.717, 1.165) is 114 Å². The summed E-state index contributed by atoms with van der Waals surface area (Å²) in [5, 5.41) is 10.6. The first-order valence-corrected chi connectivity index (χ1v) is 41.2. The van der Waals surface area contributed by atoms with Crippen LogP contribution in [-0.2, 0) is 65.4 Å². The Hall–Kier alpha value is -1.94. The quantitative estimate of drug-likeness (QED) is 0.0222. The van der Waals surface area contributed by atoms with Crippen LogP contribution in [0.25, 0.3) is 0 Å². The summed E-state index contributed by atoms with van der Waals surface area (Å²) in [6.07, 6.45) is 47.3. The molecule has 17 nitrogen and oxygen atoms in total. The van der Waals surface area contributed by atoms with Gasteiger partial charge in [0.2, 0.25) is 0 Å². The molecule has 0 aliphatic heterocycles. The van der Waals surface area contributed by atoms with Crippen molar-refractivity contribution in [2.24, 2.45) is 23.7 Å². The molecule has 5 atom stereocenters. The monoisotopic (exact) mass is 1370 g/mol. The van der Waals surface area contributed by atoms with Crippen molar-refractivity contribution in [2.75, 3.05) is 39.6 Å². The number of unbranched alkanes of at least 4 members (excludes halogenated alkanes) is 37. The Morgan fingerprint density at radius 1 is 0.269 bits per heavy atom. The molecular formula is C74H144O17P2. The van der Waals surface area contributed by atoms with Crippen molar-refractivity contribution in [3.05, 3.63) is 0 Å². The van der Waals surface area contributed by atoms with Gasteiger partial charge in [-0.2, -0.15) is 0 Å². The predicted molar refractivity (Wildman–Crippen MR) is 377 cm³/mol. The van der Waals surface area contributed by atoms with E-state index >= 15 is 0 Å². The first kappa shape index (κ1) is 91.1. The van der Waals surface area contributed by atoms with E-state index in [-0.39, 0.29) is 25.7 Å². The maximum absolute atomic E-state index is 13.0. The molecular weight excluding hydrogens is 1220 g/mol. The number of rotatable bonds is 71. The number of hydrogen-bond donors (Lipinski definition) is 3. The minimum absolute atomic E-state index is 0.106. The maximum atomic E-state index is 13.0. The molecule has 0 aromatic rings. The number of hydrogen-bond acceptors (Lipinski definition) is 15. The average Bonchev–Trinajstić information content (AvgIpc) is 1.97. The van der Waals surface area contributed by atoms with E-state index in [9.17, 15) is 43.2 Å². The zero-order chi connectivity index (χ0) is 68.9. The SMILES string of the molecule is CC(C)CCCCCCCCCCCCCCCCC(=O)O[C@H](COC(=O)CCCCCCCCCC(C)C)COP(=O)(O)OCC(O)COP(=O)(O)OC[C@@H](COC(=O)CCCCCCCCCCC(C)C)OC(=O)CCCCCCCCCCCCCCC(C)C. The van der Waals surface area contributed by atoms with Gasteiger partial charge in [-0.05, 0) is 49.4 Å². The summed E-state index contributed by atoms with van der Waals surface area (Å²) in [6.45, 7) is 14.1. The molecule has 0 radical (unpaired) electrons. The van der Waals surface area contributed by atoms with Gasteiger partial charge in [0.1, 0.15) is 19.3 Å². The Morgan fingerprint density at radius 3 is 0.667 bits per heavy atom. The molecule has 3 N–H and O–H groups in total. The molecule has 0 aromatic heterocycles. The fourth-order valence-electron chi connectivity index (χ4n) is 11.2. The summed E-state index contributed by atoms with van der Waals surface area (Å²) in [5.74, 6) is 0.879. The Bertz CT molecular complexity index is 1830. The summed E-state index contributed by atoms with van der Waals surface area (Å²) >= 11 is 0. The Kier molecular flexibility index (Phi) is 62.2. The molecule has 0 spiro atoms. The van der Waals surface area contributed by atoms with E-state index in [1.807, 2.05) is 0 Å². The van der Waals surface area contributed by atoms with E-state index in [0.29, 0.717) is 31.6 Å². The van der Waals surface area contributed by atoms with Gasteiger partial charge in [0.25, 0.3) is 0 Å². The van der Waals surface area contributed by atoms with Crippen molar-refractivity contribution < 1.29 is 80.2 Å². The number of ether oxygens (including phenoxy) is 4. The van der Waals surface area contributed by atoms with Gasteiger partial charge >= 0.3 is 39.5 Å². The van der Waals surface area contributed by atoms with Crippen LogP contribution in [0.15, 0.2) is 0 Å². The van der Waals surface area contributed by atoms with Crippen LogP contribution in [0.1, 0.15) is 370 Å². The van der Waals surface area contributed by atoms with Crippen LogP contribution in [0.5, 0.6) is 0 Å². The third kappa shape index (κ3) is 68.4. The van der Waals surface area contributed by atoms with Crippen molar-refractivity contribution in [3.8, 4) is 0 Å². The lowest BCUT2D eigenvalue weighted by Gasteiger charge is -2.21. The zero-order valence-electron chi connectivity index (χ0n) is 60.9. The number of phosphoric acid groups is 2. The minimum atomic E-state index is -4.95. The molecule has 0 bridgehead atoms. The lowest BCUT2D eigenvalue weighted by molar-refractivity contribution is -0.161. The normalized spacial score (nSPS) is 14.2. The number of phosphoric ester groups is 2. The van der Waals surface area contributed by atoms with Gasteiger partial charge in [-0.3, -0.25) is 37.3 Å². The van der Waals surface area contributed by atoms with E-state index < -0.39 is 97.5 Å². The van der Waals surface area contributed by atoms with Gasteiger partial charge < -0.3 is 33.8 Å². The number of aliphatic hydroxyl groups excluding tert-OH is 1. The third-order valence-electron chi connectivity index (χ3n) is 17.1. The number of esters is 4. The second-order valence-corrected chi connectivity index (χ2v) is 31.5.